The third-order valence-corrected chi connectivity index (χ3v) is 6.75. The number of nitrogens with zero attached hydrogens (tertiary/aromatic N) is 1. The predicted octanol–water partition coefficient (Wildman–Crippen LogP) is 4.14. The van der Waals surface area contributed by atoms with Gasteiger partial charge in [-0.3, -0.25) is 13.9 Å². The Hall–Kier alpha value is -3.98. The molecule has 174 valence electrons. The van der Waals surface area contributed by atoms with E-state index in [2.05, 4.69) is 0 Å². The van der Waals surface area contributed by atoms with Gasteiger partial charge in [-0.1, -0.05) is 18.2 Å². The van der Waals surface area contributed by atoms with E-state index in [4.69, 9.17) is 10.2 Å². The molecule has 1 aromatic heterocycles. The number of anilines is 1. The van der Waals surface area contributed by atoms with Crippen molar-refractivity contribution in [3.05, 3.63) is 88.7 Å². The minimum Gasteiger partial charge on any atom is -0.455 e. The normalized spacial score (nSPS) is 11.5. The zero-order chi connectivity index (χ0) is 24.6. The van der Waals surface area contributed by atoms with Crippen molar-refractivity contribution >= 4 is 38.9 Å². The third-order valence-electron chi connectivity index (χ3n) is 5.56. The second-order valence-electron chi connectivity index (χ2n) is 7.92. The lowest BCUT2D eigenvalue weighted by Crippen LogP contribution is -2.26. The van der Waals surface area contributed by atoms with Crippen LogP contribution in [0.4, 0.5) is 10.1 Å². The fraction of sp³-hybridized carbons (Fsp3) is 0.120. The Morgan fingerprint density at radius 1 is 1.12 bits per heavy atom. The second kappa shape index (κ2) is 8.75. The molecule has 4 aromatic rings. The number of carbonyl (C=O) groups excluding carboxylic acids is 2. The van der Waals surface area contributed by atoms with Gasteiger partial charge in [0.15, 0.2) is 0 Å². The van der Waals surface area contributed by atoms with Crippen molar-refractivity contribution in [2.75, 3.05) is 17.6 Å². The lowest BCUT2D eigenvalue weighted by atomic mass is 9.98. The quantitative estimate of drug-likeness (QED) is 0.400. The number of fused-ring (bicyclic) bond motifs is 1. The number of rotatable bonds is 7. The molecule has 0 fully saturated rings. The van der Waals surface area contributed by atoms with Crippen molar-refractivity contribution < 1.29 is 26.8 Å². The van der Waals surface area contributed by atoms with E-state index in [1.54, 1.807) is 24.3 Å². The lowest BCUT2D eigenvalue weighted by Gasteiger charge is -2.20. The van der Waals surface area contributed by atoms with Crippen molar-refractivity contribution in [3.63, 3.8) is 0 Å². The molecule has 0 bridgehead atoms. The number of carbonyl (C=O) groups is 2. The second-order valence-corrected chi connectivity index (χ2v) is 9.94. The highest BCUT2D eigenvalue weighted by Crippen LogP contribution is 2.38. The first-order valence-corrected chi connectivity index (χ1v) is 12.1. The maximum atomic E-state index is 13.4. The Morgan fingerprint density at radius 2 is 1.82 bits per heavy atom. The summed E-state index contributed by atoms with van der Waals surface area (Å²) in [4.78, 5) is 23.6. The van der Waals surface area contributed by atoms with Crippen LogP contribution in [0, 0.1) is 5.82 Å². The summed E-state index contributed by atoms with van der Waals surface area (Å²) in [6.45, 7) is 0. The van der Waals surface area contributed by atoms with Crippen LogP contribution in [0.15, 0.2) is 65.1 Å². The molecule has 3 aromatic carbocycles. The number of sulfonamides is 1. The molecule has 1 amide bonds. The third kappa shape index (κ3) is 4.42. The van der Waals surface area contributed by atoms with Gasteiger partial charge in [-0.25, -0.2) is 12.8 Å². The van der Waals surface area contributed by atoms with Gasteiger partial charge in [0.2, 0.25) is 10.0 Å². The highest BCUT2D eigenvalue weighted by atomic mass is 32.2. The molecular weight excluding hydrogens is 459 g/mol. The molecule has 0 saturated heterocycles. The number of hydrogen-bond acceptors (Lipinski definition) is 5. The molecule has 0 aliphatic heterocycles. The number of nitrogens with two attached hydrogens (primary N) is 1. The molecule has 9 heteroatoms. The summed E-state index contributed by atoms with van der Waals surface area (Å²) in [6, 6.07) is 15.5. The first kappa shape index (κ1) is 23.2. The first-order chi connectivity index (χ1) is 16.1. The Bertz CT molecular complexity index is 1530. The Balaban J connectivity index is 1.98. The van der Waals surface area contributed by atoms with Gasteiger partial charge in [-0.2, -0.15) is 0 Å². The number of hydrogen-bond donors (Lipinski definition) is 1. The summed E-state index contributed by atoms with van der Waals surface area (Å²) in [5.74, 6) is -1.02. The van der Waals surface area contributed by atoms with Crippen LogP contribution in [0.3, 0.4) is 0 Å². The fourth-order valence-electron chi connectivity index (χ4n) is 3.84. The molecular formula is C25H21FN2O5S. The number of amides is 1. The number of furan rings is 1. The number of benzene rings is 3. The van der Waals surface area contributed by atoms with Crippen molar-refractivity contribution in [1.29, 1.82) is 0 Å². The number of halogens is 1. The van der Waals surface area contributed by atoms with Crippen LogP contribution in [0.1, 0.15) is 31.8 Å². The Labute approximate surface area is 195 Å². The van der Waals surface area contributed by atoms with E-state index in [0.717, 1.165) is 22.4 Å². The molecule has 0 spiro atoms. The highest BCUT2D eigenvalue weighted by Gasteiger charge is 2.24. The maximum absolute atomic E-state index is 13.4. The van der Waals surface area contributed by atoms with Crippen molar-refractivity contribution in [1.82, 2.24) is 0 Å². The van der Waals surface area contributed by atoms with Crippen LogP contribution >= 0.6 is 0 Å². The topological polar surface area (TPSA) is 111 Å². The summed E-state index contributed by atoms with van der Waals surface area (Å²) in [5, 5.41) is 0.402. The summed E-state index contributed by atoms with van der Waals surface area (Å²) < 4.78 is 45.2. The lowest BCUT2D eigenvalue weighted by molar-refractivity contribution is 0.100. The number of aldehydes is 1. The minimum absolute atomic E-state index is 0.109. The summed E-state index contributed by atoms with van der Waals surface area (Å²) in [6.07, 6.45) is 2.09. The first-order valence-electron chi connectivity index (χ1n) is 10.2. The van der Waals surface area contributed by atoms with Gasteiger partial charge in [0, 0.05) is 29.6 Å². The molecule has 0 unspecified atom stereocenters. The molecule has 2 N–H and O–H groups in total. The molecule has 4 rings (SSSR count). The van der Waals surface area contributed by atoms with Gasteiger partial charge in [0.05, 0.1) is 17.5 Å². The molecule has 0 aliphatic carbocycles. The molecule has 0 atom stereocenters. The average Bonchev–Trinajstić information content (AvgIpc) is 3.16. The fourth-order valence-corrected chi connectivity index (χ4v) is 4.36. The molecule has 0 radical (unpaired) electrons. The van der Waals surface area contributed by atoms with E-state index in [1.165, 1.54) is 37.4 Å². The van der Waals surface area contributed by atoms with E-state index >= 15 is 0 Å². The predicted molar refractivity (Wildman–Crippen MR) is 128 cm³/mol. The van der Waals surface area contributed by atoms with Gasteiger partial charge in [0.25, 0.3) is 5.91 Å². The van der Waals surface area contributed by atoms with Crippen LogP contribution in [0.2, 0.25) is 0 Å². The van der Waals surface area contributed by atoms with E-state index in [9.17, 15) is 22.4 Å². The minimum atomic E-state index is -3.63. The van der Waals surface area contributed by atoms with Gasteiger partial charge in [-0.05, 0) is 53.9 Å². The van der Waals surface area contributed by atoms with Crippen molar-refractivity contribution in [2.24, 2.45) is 5.73 Å². The van der Waals surface area contributed by atoms with Crippen LogP contribution in [-0.2, 0) is 16.4 Å². The van der Waals surface area contributed by atoms with Crippen molar-refractivity contribution in [2.45, 2.75) is 6.42 Å². The molecule has 7 nitrogen and oxygen atoms in total. The van der Waals surface area contributed by atoms with E-state index in [-0.39, 0.29) is 23.3 Å². The van der Waals surface area contributed by atoms with Crippen LogP contribution in [-0.4, -0.2) is 33.9 Å². The average molecular weight is 481 g/mol. The van der Waals surface area contributed by atoms with Gasteiger partial charge in [0.1, 0.15) is 23.4 Å². The highest BCUT2D eigenvalue weighted by molar-refractivity contribution is 7.92. The zero-order valence-corrected chi connectivity index (χ0v) is 19.2. The van der Waals surface area contributed by atoms with Gasteiger partial charge >= 0.3 is 0 Å². The number of primary amides is 1. The summed E-state index contributed by atoms with van der Waals surface area (Å²) in [5.41, 5.74) is 8.68. The molecule has 0 saturated carbocycles. The van der Waals surface area contributed by atoms with Crippen LogP contribution < -0.4 is 10.0 Å². The molecule has 1 heterocycles. The smallest absolute Gasteiger partial charge is 0.253 e. The maximum Gasteiger partial charge on any atom is 0.253 e. The summed E-state index contributed by atoms with van der Waals surface area (Å²) in [7, 11) is -2.21. The molecule has 34 heavy (non-hydrogen) atoms. The van der Waals surface area contributed by atoms with E-state index in [0.29, 0.717) is 27.8 Å². The van der Waals surface area contributed by atoms with E-state index in [1.807, 2.05) is 6.07 Å². The van der Waals surface area contributed by atoms with Crippen molar-refractivity contribution in [3.8, 4) is 11.3 Å². The summed E-state index contributed by atoms with van der Waals surface area (Å²) >= 11 is 0. The Kier molecular flexibility index (Phi) is 5.97. The van der Waals surface area contributed by atoms with Gasteiger partial charge in [-0.15, -0.1) is 0 Å². The van der Waals surface area contributed by atoms with Crippen LogP contribution in [0.25, 0.3) is 22.3 Å². The largest absolute Gasteiger partial charge is 0.455 e. The monoisotopic (exact) mass is 480 g/mol. The van der Waals surface area contributed by atoms with Gasteiger partial charge < -0.3 is 10.2 Å². The standard InChI is InChI=1S/C25H21FN2O5S/c1-28(34(2,31)32)21-13-22-20(12-18(21)11-15-4-3-5-16(10-15)14-29)23(25(27)30)24(33-22)17-6-8-19(26)9-7-17/h3-10,12-14H,11H2,1-2H3,(H2,27,30). The van der Waals surface area contributed by atoms with Crippen LogP contribution in [0.5, 0.6) is 0 Å². The SMILES string of the molecule is CN(c1cc2oc(-c3ccc(F)cc3)c(C(N)=O)c2cc1Cc1cccc(C=O)c1)S(C)(=O)=O. The van der Waals surface area contributed by atoms with E-state index < -0.39 is 21.7 Å². The molecule has 0 aliphatic rings. The zero-order valence-electron chi connectivity index (χ0n) is 18.4. The Morgan fingerprint density at radius 3 is 2.44 bits per heavy atom.